The Morgan fingerprint density at radius 3 is 2.89 bits per heavy atom. The lowest BCUT2D eigenvalue weighted by Gasteiger charge is -2.21. The van der Waals surface area contributed by atoms with Crippen LogP contribution < -0.4 is 5.32 Å². The maximum absolute atomic E-state index is 5.87. The second kappa shape index (κ2) is 7.68. The second-order valence-corrected chi connectivity index (χ2v) is 5.12. The second-order valence-electron chi connectivity index (χ2n) is 5.12. The Morgan fingerprint density at radius 1 is 1.37 bits per heavy atom. The van der Waals surface area contributed by atoms with Gasteiger partial charge in [0.2, 0.25) is 0 Å². The average molecular weight is 267 g/mol. The SMILES string of the molecule is CCCNCc1oc(COC2CCOCC2)cc1C. The topological polar surface area (TPSA) is 43.6 Å². The molecule has 1 N–H and O–H groups in total. The molecule has 1 fully saturated rings. The van der Waals surface area contributed by atoms with Crippen molar-refractivity contribution in [2.75, 3.05) is 19.8 Å². The molecule has 2 heterocycles. The van der Waals surface area contributed by atoms with Gasteiger partial charge in [-0.15, -0.1) is 0 Å². The van der Waals surface area contributed by atoms with Crippen LogP contribution in [0, 0.1) is 6.92 Å². The van der Waals surface area contributed by atoms with Crippen molar-refractivity contribution in [3.05, 3.63) is 23.2 Å². The summed E-state index contributed by atoms with van der Waals surface area (Å²) in [6, 6.07) is 2.09. The smallest absolute Gasteiger partial charge is 0.130 e. The molecule has 0 atom stereocenters. The van der Waals surface area contributed by atoms with Gasteiger partial charge in [-0.05, 0) is 44.4 Å². The maximum Gasteiger partial charge on any atom is 0.130 e. The molecular formula is C15H25NO3. The van der Waals surface area contributed by atoms with Crippen LogP contribution in [0.15, 0.2) is 10.5 Å². The summed E-state index contributed by atoms with van der Waals surface area (Å²) in [5, 5.41) is 3.36. The fourth-order valence-corrected chi connectivity index (χ4v) is 2.26. The lowest BCUT2D eigenvalue weighted by atomic mass is 10.1. The first-order chi connectivity index (χ1) is 9.29. The number of ether oxygens (including phenoxy) is 2. The first-order valence-corrected chi connectivity index (χ1v) is 7.28. The third kappa shape index (κ3) is 4.64. The van der Waals surface area contributed by atoms with Crippen LogP contribution >= 0.6 is 0 Å². The molecular weight excluding hydrogens is 242 g/mol. The molecule has 19 heavy (non-hydrogen) atoms. The fraction of sp³-hybridized carbons (Fsp3) is 0.733. The summed E-state index contributed by atoms with van der Waals surface area (Å²) in [7, 11) is 0. The molecule has 0 aliphatic carbocycles. The number of aryl methyl sites for hydroxylation is 1. The highest BCUT2D eigenvalue weighted by atomic mass is 16.5. The highest BCUT2D eigenvalue weighted by molar-refractivity contribution is 5.19. The molecule has 1 saturated heterocycles. The van der Waals surface area contributed by atoms with Crippen LogP contribution in [0.25, 0.3) is 0 Å². The maximum atomic E-state index is 5.87. The fourth-order valence-electron chi connectivity index (χ4n) is 2.26. The molecule has 0 aromatic carbocycles. The van der Waals surface area contributed by atoms with Crippen molar-refractivity contribution in [1.29, 1.82) is 0 Å². The molecule has 0 bridgehead atoms. The first-order valence-electron chi connectivity index (χ1n) is 7.28. The number of furan rings is 1. The van der Waals surface area contributed by atoms with Gasteiger partial charge in [0.25, 0.3) is 0 Å². The normalized spacial score (nSPS) is 16.9. The number of rotatable bonds is 7. The van der Waals surface area contributed by atoms with Crippen molar-refractivity contribution < 1.29 is 13.9 Å². The third-order valence-electron chi connectivity index (χ3n) is 3.41. The summed E-state index contributed by atoms with van der Waals surface area (Å²) < 4.78 is 17.0. The van der Waals surface area contributed by atoms with E-state index in [2.05, 4.69) is 25.2 Å². The van der Waals surface area contributed by atoms with E-state index in [1.807, 2.05) is 0 Å². The van der Waals surface area contributed by atoms with Crippen LogP contribution in [0.4, 0.5) is 0 Å². The summed E-state index contributed by atoms with van der Waals surface area (Å²) in [5.41, 5.74) is 1.20. The molecule has 1 aliphatic rings. The molecule has 1 aliphatic heterocycles. The van der Waals surface area contributed by atoms with E-state index in [0.29, 0.717) is 12.7 Å². The van der Waals surface area contributed by atoms with E-state index < -0.39 is 0 Å². The minimum Gasteiger partial charge on any atom is -0.462 e. The Hall–Kier alpha value is -0.840. The Morgan fingerprint density at radius 2 is 2.16 bits per heavy atom. The molecule has 4 heteroatoms. The minimum atomic E-state index is 0.320. The Kier molecular flexibility index (Phi) is 5.89. The van der Waals surface area contributed by atoms with Crippen LogP contribution in [0.2, 0.25) is 0 Å². The Labute approximate surface area is 115 Å². The van der Waals surface area contributed by atoms with E-state index in [1.54, 1.807) is 0 Å². The van der Waals surface area contributed by atoms with Crippen molar-refractivity contribution in [2.45, 2.75) is 52.4 Å². The van der Waals surface area contributed by atoms with Gasteiger partial charge in [-0.1, -0.05) is 6.92 Å². The lowest BCUT2D eigenvalue weighted by molar-refractivity contribution is -0.0435. The lowest BCUT2D eigenvalue weighted by Crippen LogP contribution is -2.23. The molecule has 108 valence electrons. The van der Waals surface area contributed by atoms with E-state index in [1.165, 1.54) is 5.56 Å². The highest BCUT2D eigenvalue weighted by Gasteiger charge is 2.15. The summed E-state index contributed by atoms with van der Waals surface area (Å²) in [5.74, 6) is 1.95. The molecule has 2 rings (SSSR count). The standard InChI is InChI=1S/C15H25NO3/c1-3-6-16-10-15-12(2)9-14(19-15)11-18-13-4-7-17-8-5-13/h9,13,16H,3-8,10-11H2,1-2H3. The van der Waals surface area contributed by atoms with E-state index in [9.17, 15) is 0 Å². The monoisotopic (exact) mass is 267 g/mol. The molecule has 1 aromatic heterocycles. The van der Waals surface area contributed by atoms with Crippen LogP contribution in [-0.2, 0) is 22.6 Å². The molecule has 4 nitrogen and oxygen atoms in total. The Bertz CT molecular complexity index is 369. The number of hydrogen-bond acceptors (Lipinski definition) is 4. The molecule has 0 radical (unpaired) electrons. The molecule has 0 saturated carbocycles. The quantitative estimate of drug-likeness (QED) is 0.771. The van der Waals surface area contributed by atoms with Crippen molar-refractivity contribution in [3.8, 4) is 0 Å². The predicted octanol–water partition coefficient (Wildman–Crippen LogP) is 2.78. The molecule has 0 amide bonds. The number of hydrogen-bond donors (Lipinski definition) is 1. The summed E-state index contributed by atoms with van der Waals surface area (Å²) in [4.78, 5) is 0. The van der Waals surface area contributed by atoms with Gasteiger partial charge in [-0.2, -0.15) is 0 Å². The molecule has 0 spiro atoms. The zero-order valence-corrected chi connectivity index (χ0v) is 12.0. The van der Waals surface area contributed by atoms with Gasteiger partial charge in [0, 0.05) is 13.2 Å². The van der Waals surface area contributed by atoms with Gasteiger partial charge in [0.05, 0.1) is 12.6 Å². The summed E-state index contributed by atoms with van der Waals surface area (Å²) in [6.07, 6.45) is 3.44. The van der Waals surface area contributed by atoms with E-state index >= 15 is 0 Å². The van der Waals surface area contributed by atoms with E-state index in [-0.39, 0.29) is 0 Å². The van der Waals surface area contributed by atoms with Crippen LogP contribution in [0.1, 0.15) is 43.3 Å². The summed E-state index contributed by atoms with van der Waals surface area (Å²) >= 11 is 0. The van der Waals surface area contributed by atoms with Gasteiger partial charge < -0.3 is 19.2 Å². The highest BCUT2D eigenvalue weighted by Crippen LogP contribution is 2.18. The van der Waals surface area contributed by atoms with Crippen LogP contribution in [0.5, 0.6) is 0 Å². The van der Waals surface area contributed by atoms with Crippen molar-refractivity contribution in [1.82, 2.24) is 5.32 Å². The first kappa shape index (κ1) is 14.6. The predicted molar refractivity (Wildman–Crippen MR) is 74.1 cm³/mol. The van der Waals surface area contributed by atoms with Gasteiger partial charge >= 0.3 is 0 Å². The third-order valence-corrected chi connectivity index (χ3v) is 3.41. The molecule has 0 unspecified atom stereocenters. The van der Waals surface area contributed by atoms with Gasteiger partial charge in [0.15, 0.2) is 0 Å². The van der Waals surface area contributed by atoms with Crippen LogP contribution in [0.3, 0.4) is 0 Å². The number of nitrogens with one attached hydrogen (secondary N) is 1. The zero-order chi connectivity index (χ0) is 13.5. The minimum absolute atomic E-state index is 0.320. The van der Waals surface area contributed by atoms with Crippen molar-refractivity contribution in [2.24, 2.45) is 0 Å². The summed E-state index contributed by atoms with van der Waals surface area (Å²) in [6.45, 7) is 8.27. The van der Waals surface area contributed by atoms with E-state index in [4.69, 9.17) is 13.9 Å². The largest absolute Gasteiger partial charge is 0.462 e. The van der Waals surface area contributed by atoms with Gasteiger partial charge in [-0.3, -0.25) is 0 Å². The van der Waals surface area contributed by atoms with Crippen LogP contribution in [-0.4, -0.2) is 25.9 Å². The van der Waals surface area contributed by atoms with E-state index in [0.717, 1.165) is 57.1 Å². The van der Waals surface area contributed by atoms with Gasteiger partial charge in [0.1, 0.15) is 18.1 Å². The average Bonchev–Trinajstić information content (AvgIpc) is 2.79. The zero-order valence-electron chi connectivity index (χ0n) is 12.0. The Balaban J connectivity index is 1.78. The van der Waals surface area contributed by atoms with Crippen molar-refractivity contribution >= 4 is 0 Å². The molecule has 1 aromatic rings. The van der Waals surface area contributed by atoms with Gasteiger partial charge in [-0.25, -0.2) is 0 Å². The van der Waals surface area contributed by atoms with Crippen molar-refractivity contribution in [3.63, 3.8) is 0 Å².